The highest BCUT2D eigenvalue weighted by Gasteiger charge is 2.64. The van der Waals surface area contributed by atoms with Crippen LogP contribution in [0.25, 0.3) is 0 Å². The van der Waals surface area contributed by atoms with Crippen molar-refractivity contribution in [2.45, 2.75) is 189 Å². The van der Waals surface area contributed by atoms with Gasteiger partial charge in [-0.05, 0) is 141 Å². The van der Waals surface area contributed by atoms with Gasteiger partial charge in [-0.25, -0.2) is 9.59 Å². The third-order valence-electron chi connectivity index (χ3n) is 19.2. The van der Waals surface area contributed by atoms with E-state index in [0.717, 1.165) is 51.4 Å². The summed E-state index contributed by atoms with van der Waals surface area (Å²) in [7, 11) is 0. The number of benzene rings is 2. The van der Waals surface area contributed by atoms with Crippen LogP contribution in [0.5, 0.6) is 0 Å². The summed E-state index contributed by atoms with van der Waals surface area (Å²) in [6, 6.07) is 17.4. The molecule has 0 amide bonds. The van der Waals surface area contributed by atoms with Gasteiger partial charge in [0.25, 0.3) is 0 Å². The molecule has 8 rings (SSSR count). The van der Waals surface area contributed by atoms with Crippen LogP contribution in [-0.2, 0) is 38.0 Å². The first-order valence-electron chi connectivity index (χ1n) is 26.8. The van der Waals surface area contributed by atoms with E-state index in [0.29, 0.717) is 54.6 Å². The molecule has 2 aromatic carbocycles. The van der Waals surface area contributed by atoms with Gasteiger partial charge in [-0.1, -0.05) is 98.7 Å². The summed E-state index contributed by atoms with van der Waals surface area (Å²) in [6.07, 6.45) is 6.05. The van der Waals surface area contributed by atoms with E-state index in [9.17, 15) is 24.3 Å². The van der Waals surface area contributed by atoms with Crippen molar-refractivity contribution in [2.75, 3.05) is 6.61 Å². The number of hydrogen-bond acceptors (Lipinski definition) is 11. The van der Waals surface area contributed by atoms with Crippen molar-refractivity contribution >= 4 is 23.5 Å². The third kappa shape index (κ3) is 10.4. The number of rotatable bonds is 16. The maximum absolute atomic E-state index is 14.2. The number of ether oxygens (including phenoxy) is 6. The second kappa shape index (κ2) is 21.7. The first-order valence-corrected chi connectivity index (χ1v) is 26.8. The SMILES string of the molecule is CCC1O[C@@H](OC2CCC3(C)C(CCC4C3CCC3(C)C4CC(=O)C3[C@H](C)C(=O)CC[C@H](C)CO[C@@H]3OC(CC)[C@H](C)[C@H](OC(=O)c4ccccc4)C3OC(=O)c3ccccc3)C2)C(O)[C@@H](C)[C@H]1C. The zero-order chi connectivity index (χ0) is 49.4. The van der Waals surface area contributed by atoms with E-state index in [1.807, 2.05) is 39.8 Å². The number of hydrogen-bond donors (Lipinski definition) is 1. The average Bonchev–Trinajstić information content (AvgIpc) is 3.63. The summed E-state index contributed by atoms with van der Waals surface area (Å²) in [5.74, 6) is 0.528. The molecular weight excluding hydrogens is 873 g/mol. The normalized spacial score (nSPS) is 40.6. The topological polar surface area (TPSA) is 144 Å². The fraction of sp³-hybridized carbons (Fsp3) is 0.724. The molecule has 4 aliphatic carbocycles. The van der Waals surface area contributed by atoms with Gasteiger partial charge in [0.2, 0.25) is 0 Å². The largest absolute Gasteiger partial charge is 0.454 e. The molecule has 11 nitrogen and oxygen atoms in total. The minimum absolute atomic E-state index is 0.0600. The van der Waals surface area contributed by atoms with Crippen LogP contribution in [0.4, 0.5) is 0 Å². The molecule has 4 saturated carbocycles. The summed E-state index contributed by atoms with van der Waals surface area (Å²) in [6.45, 7) is 19.5. The Morgan fingerprint density at radius 1 is 0.739 bits per heavy atom. The molecular formula is C58H82O11. The number of fused-ring (bicyclic) bond motifs is 5. The fourth-order valence-electron chi connectivity index (χ4n) is 14.7. The summed E-state index contributed by atoms with van der Waals surface area (Å²) >= 11 is 0. The summed E-state index contributed by atoms with van der Waals surface area (Å²) in [5.41, 5.74) is 0.725. The monoisotopic (exact) mass is 955 g/mol. The molecule has 0 spiro atoms. The van der Waals surface area contributed by atoms with Gasteiger partial charge < -0.3 is 33.5 Å². The maximum atomic E-state index is 14.2. The van der Waals surface area contributed by atoms with Crippen molar-refractivity contribution in [2.24, 2.45) is 70.0 Å². The van der Waals surface area contributed by atoms with E-state index >= 15 is 0 Å². The Morgan fingerprint density at radius 3 is 1.97 bits per heavy atom. The van der Waals surface area contributed by atoms with Crippen LogP contribution >= 0.6 is 0 Å². The van der Waals surface area contributed by atoms with E-state index < -0.39 is 42.8 Å². The predicted molar refractivity (Wildman–Crippen MR) is 262 cm³/mol. The Hall–Kier alpha value is -3.48. The molecule has 69 heavy (non-hydrogen) atoms. The molecule has 0 radical (unpaired) electrons. The van der Waals surface area contributed by atoms with Crippen LogP contribution in [0.2, 0.25) is 0 Å². The molecule has 0 bridgehead atoms. The number of carbonyl (C=O) groups is 4. The molecule has 2 saturated heterocycles. The van der Waals surface area contributed by atoms with Crippen LogP contribution in [-0.4, -0.2) is 84.4 Å². The highest BCUT2D eigenvalue weighted by Crippen LogP contribution is 2.68. The predicted octanol–water partition coefficient (Wildman–Crippen LogP) is 10.8. The summed E-state index contributed by atoms with van der Waals surface area (Å²) in [5, 5.41) is 11.1. The Labute approximate surface area is 411 Å². The van der Waals surface area contributed by atoms with Gasteiger partial charge in [-0.3, -0.25) is 9.59 Å². The fourth-order valence-corrected chi connectivity index (χ4v) is 14.7. The molecule has 2 heterocycles. The Balaban J connectivity index is 0.872. The second-order valence-electron chi connectivity index (χ2n) is 23.1. The lowest BCUT2D eigenvalue weighted by molar-refractivity contribution is -0.291. The van der Waals surface area contributed by atoms with Gasteiger partial charge in [0.05, 0.1) is 36.0 Å². The molecule has 11 heteroatoms. The number of Topliss-reactive ketones (excluding diaryl/α,β-unsaturated/α-hetero) is 2. The number of ketones is 2. The van der Waals surface area contributed by atoms with E-state index in [1.54, 1.807) is 48.5 Å². The van der Waals surface area contributed by atoms with Gasteiger partial charge in [0.15, 0.2) is 18.7 Å². The van der Waals surface area contributed by atoms with E-state index in [2.05, 4.69) is 34.6 Å². The number of aliphatic hydroxyl groups excluding tert-OH is 1. The Bertz CT molecular complexity index is 2080. The molecule has 6 aliphatic rings. The van der Waals surface area contributed by atoms with Gasteiger partial charge >= 0.3 is 11.9 Å². The van der Waals surface area contributed by atoms with Crippen LogP contribution < -0.4 is 0 Å². The molecule has 20 atom stereocenters. The highest BCUT2D eigenvalue weighted by molar-refractivity contribution is 5.92. The molecule has 1 N–H and O–H groups in total. The average molecular weight is 955 g/mol. The van der Waals surface area contributed by atoms with Crippen LogP contribution in [0.1, 0.15) is 160 Å². The second-order valence-corrected chi connectivity index (χ2v) is 23.1. The summed E-state index contributed by atoms with van der Waals surface area (Å²) < 4.78 is 38.2. The van der Waals surface area contributed by atoms with Gasteiger partial charge in [-0.2, -0.15) is 0 Å². The third-order valence-corrected chi connectivity index (χ3v) is 19.2. The van der Waals surface area contributed by atoms with Crippen molar-refractivity contribution in [3.63, 3.8) is 0 Å². The van der Waals surface area contributed by atoms with Crippen LogP contribution in [0.15, 0.2) is 60.7 Å². The zero-order valence-electron chi connectivity index (χ0n) is 42.9. The maximum Gasteiger partial charge on any atom is 0.338 e. The van der Waals surface area contributed by atoms with Crippen LogP contribution in [0, 0.1) is 70.0 Å². The van der Waals surface area contributed by atoms with Gasteiger partial charge in [0.1, 0.15) is 23.8 Å². The van der Waals surface area contributed by atoms with Crippen molar-refractivity contribution in [3.8, 4) is 0 Å². The minimum atomic E-state index is -1.05. The quantitative estimate of drug-likeness (QED) is 0.127. The molecule has 12 unspecified atom stereocenters. The highest BCUT2D eigenvalue weighted by atomic mass is 16.7. The van der Waals surface area contributed by atoms with Crippen molar-refractivity contribution < 1.29 is 52.7 Å². The van der Waals surface area contributed by atoms with Crippen molar-refractivity contribution in [3.05, 3.63) is 71.8 Å². The Kier molecular flexibility index (Phi) is 16.3. The molecule has 6 fully saturated rings. The standard InChI is InChI=1S/C58H82O11/c1-10-47-34(4)35(5)50(61)55(66-47)65-41-26-28-57(8)40(30-41)23-24-42-43(57)27-29-58(9)44(42)31-46(60)49(58)36(6)45(59)25-22-33(3)32-64-56-52(69-54(63)39-20-16-13-17-21-39)51(37(7)48(11-2)67-56)68-53(62)38-18-14-12-15-19-38/h12-21,33-37,40-44,47-52,55-56,61H,10-11,22-32H2,1-9H3/t33-,34+,35-,36+,37-,40?,41?,42?,43?,44?,47?,48?,49?,50?,51-,52?,55+,56+,57?,58?/m0/s1. The van der Waals surface area contributed by atoms with Gasteiger partial charge in [0, 0.05) is 30.6 Å². The van der Waals surface area contributed by atoms with E-state index in [-0.39, 0.29) is 88.7 Å². The lowest BCUT2D eigenvalue weighted by Crippen LogP contribution is -2.57. The van der Waals surface area contributed by atoms with E-state index in [1.165, 1.54) is 0 Å². The molecule has 2 aromatic rings. The number of carbonyl (C=O) groups excluding carboxylic acids is 4. The molecule has 0 aromatic heterocycles. The smallest absolute Gasteiger partial charge is 0.338 e. The zero-order valence-corrected chi connectivity index (χ0v) is 42.9. The lowest BCUT2D eigenvalue weighted by Gasteiger charge is -2.61. The van der Waals surface area contributed by atoms with Crippen LogP contribution in [0.3, 0.4) is 0 Å². The van der Waals surface area contributed by atoms with E-state index in [4.69, 9.17) is 28.4 Å². The van der Waals surface area contributed by atoms with Crippen molar-refractivity contribution in [1.29, 1.82) is 0 Å². The molecule has 380 valence electrons. The van der Waals surface area contributed by atoms with Gasteiger partial charge in [-0.15, -0.1) is 0 Å². The first kappa shape index (κ1) is 51.9. The summed E-state index contributed by atoms with van der Waals surface area (Å²) in [4.78, 5) is 55.4. The Morgan fingerprint density at radius 2 is 1.33 bits per heavy atom. The molecule has 2 aliphatic heterocycles. The number of aliphatic hydroxyl groups is 1. The first-order chi connectivity index (χ1) is 33.0. The number of esters is 2. The van der Waals surface area contributed by atoms with Crippen molar-refractivity contribution in [1.82, 2.24) is 0 Å². The lowest BCUT2D eigenvalue weighted by atomic mass is 9.44. The minimum Gasteiger partial charge on any atom is -0.454 e.